The SMILES string of the molecule is Cc1cnc2c(c1CCc1cccc3c1C(=O)N(C(C1CC1)C(C)(C)O)C3)OCO2. The molecule has 5 rings (SSSR count). The van der Waals surface area contributed by atoms with Gasteiger partial charge in [-0.2, -0.15) is 0 Å². The van der Waals surface area contributed by atoms with Gasteiger partial charge in [0.15, 0.2) is 5.75 Å². The number of fused-ring (bicyclic) bond motifs is 2. The number of pyridine rings is 1. The minimum Gasteiger partial charge on any atom is -0.451 e. The number of amides is 1. The van der Waals surface area contributed by atoms with Crippen LogP contribution in [0.1, 0.15) is 59.3 Å². The standard InChI is InChI=1S/C24H28N2O4/c1-14-11-25-22-20(29-13-30-22)18(14)10-9-15-5-4-6-17-12-26(23(27)19(15)17)21(16-7-8-16)24(2,3)28/h4-6,11,16,21,28H,7-10,12-13H2,1-3H3. The van der Waals surface area contributed by atoms with Gasteiger partial charge in [-0.05, 0) is 69.1 Å². The molecular formula is C24H28N2O4. The third-order valence-corrected chi connectivity index (χ3v) is 6.54. The smallest absolute Gasteiger partial charge is 0.260 e. The van der Waals surface area contributed by atoms with Crippen molar-refractivity contribution in [3.05, 3.63) is 52.2 Å². The number of ether oxygens (including phenoxy) is 2. The van der Waals surface area contributed by atoms with Crippen LogP contribution < -0.4 is 9.47 Å². The zero-order chi connectivity index (χ0) is 21.0. The average molecular weight is 408 g/mol. The van der Waals surface area contributed by atoms with Crippen LogP contribution >= 0.6 is 0 Å². The molecule has 0 spiro atoms. The molecule has 6 heteroatoms. The summed E-state index contributed by atoms with van der Waals surface area (Å²) in [6.07, 6.45) is 5.46. The van der Waals surface area contributed by atoms with Crippen molar-refractivity contribution < 1.29 is 19.4 Å². The van der Waals surface area contributed by atoms with E-state index in [1.165, 1.54) is 0 Å². The van der Waals surface area contributed by atoms with Crippen molar-refractivity contribution in [2.75, 3.05) is 6.79 Å². The van der Waals surface area contributed by atoms with E-state index in [0.29, 0.717) is 18.3 Å². The largest absolute Gasteiger partial charge is 0.451 e. The van der Waals surface area contributed by atoms with Gasteiger partial charge in [-0.25, -0.2) is 4.98 Å². The van der Waals surface area contributed by atoms with Crippen LogP contribution in [0.2, 0.25) is 0 Å². The molecule has 3 aliphatic rings. The fourth-order valence-corrected chi connectivity index (χ4v) is 5.08. The average Bonchev–Trinajstić information content (AvgIpc) is 3.29. The predicted molar refractivity (Wildman–Crippen MR) is 112 cm³/mol. The van der Waals surface area contributed by atoms with E-state index in [-0.39, 0.29) is 18.7 Å². The molecule has 1 amide bonds. The Morgan fingerprint density at radius 2 is 2.07 bits per heavy atom. The Morgan fingerprint density at radius 1 is 1.27 bits per heavy atom. The quantitative estimate of drug-likeness (QED) is 0.793. The number of hydrogen-bond acceptors (Lipinski definition) is 5. The molecule has 1 aromatic carbocycles. The van der Waals surface area contributed by atoms with Crippen LogP contribution in [0, 0.1) is 12.8 Å². The topological polar surface area (TPSA) is 71.9 Å². The molecule has 6 nitrogen and oxygen atoms in total. The van der Waals surface area contributed by atoms with E-state index in [0.717, 1.165) is 59.3 Å². The fourth-order valence-electron chi connectivity index (χ4n) is 5.08. The monoisotopic (exact) mass is 408 g/mol. The molecule has 1 unspecified atom stereocenters. The first-order valence-electron chi connectivity index (χ1n) is 10.7. The molecule has 1 aliphatic carbocycles. The number of aliphatic hydroxyl groups is 1. The van der Waals surface area contributed by atoms with Crippen molar-refractivity contribution in [1.29, 1.82) is 0 Å². The Hall–Kier alpha value is -2.60. The molecule has 1 aromatic heterocycles. The highest BCUT2D eigenvalue weighted by Crippen LogP contribution is 2.43. The predicted octanol–water partition coefficient (Wildman–Crippen LogP) is 3.41. The van der Waals surface area contributed by atoms with Crippen molar-refractivity contribution in [1.82, 2.24) is 9.88 Å². The molecule has 0 saturated heterocycles. The summed E-state index contributed by atoms with van der Waals surface area (Å²) in [5.41, 5.74) is 4.16. The number of aryl methyl sites for hydroxylation is 2. The van der Waals surface area contributed by atoms with Gasteiger partial charge in [0.05, 0.1) is 11.6 Å². The Balaban J connectivity index is 1.42. The fraction of sp³-hybridized carbons (Fsp3) is 0.500. The van der Waals surface area contributed by atoms with Gasteiger partial charge in [-0.15, -0.1) is 0 Å². The van der Waals surface area contributed by atoms with Crippen LogP contribution in [0.4, 0.5) is 0 Å². The number of rotatable bonds is 6. The van der Waals surface area contributed by atoms with Crippen LogP contribution in [0.5, 0.6) is 11.6 Å². The first kappa shape index (κ1) is 19.4. The van der Waals surface area contributed by atoms with Crippen molar-refractivity contribution in [2.24, 2.45) is 5.92 Å². The second-order valence-corrected chi connectivity index (χ2v) is 9.28. The second kappa shape index (κ2) is 6.98. The summed E-state index contributed by atoms with van der Waals surface area (Å²) in [4.78, 5) is 19.7. The summed E-state index contributed by atoms with van der Waals surface area (Å²) in [5.74, 6) is 1.72. The number of aromatic nitrogens is 1. The summed E-state index contributed by atoms with van der Waals surface area (Å²) in [7, 11) is 0. The lowest BCUT2D eigenvalue weighted by Crippen LogP contribution is -2.51. The lowest BCUT2D eigenvalue weighted by molar-refractivity contribution is -0.0224. The summed E-state index contributed by atoms with van der Waals surface area (Å²) in [6, 6.07) is 5.98. The van der Waals surface area contributed by atoms with Gasteiger partial charge in [0.1, 0.15) is 0 Å². The number of benzene rings is 1. The molecule has 0 bridgehead atoms. The summed E-state index contributed by atoms with van der Waals surface area (Å²) >= 11 is 0. The molecule has 1 N–H and O–H groups in total. The van der Waals surface area contributed by atoms with Crippen molar-refractivity contribution >= 4 is 5.91 Å². The maximum absolute atomic E-state index is 13.5. The zero-order valence-electron chi connectivity index (χ0n) is 17.8. The first-order valence-corrected chi connectivity index (χ1v) is 10.7. The van der Waals surface area contributed by atoms with Gasteiger partial charge in [0, 0.05) is 23.9 Å². The zero-order valence-corrected chi connectivity index (χ0v) is 17.8. The van der Waals surface area contributed by atoms with Gasteiger partial charge in [-0.3, -0.25) is 4.79 Å². The molecule has 1 saturated carbocycles. The number of hydrogen-bond donors (Lipinski definition) is 1. The van der Waals surface area contributed by atoms with E-state index in [1.54, 1.807) is 0 Å². The summed E-state index contributed by atoms with van der Waals surface area (Å²) < 4.78 is 11.1. The highest BCUT2D eigenvalue weighted by atomic mass is 16.7. The number of nitrogens with zero attached hydrogens (tertiary/aromatic N) is 2. The normalized spacial score (nSPS) is 18.7. The third kappa shape index (κ3) is 3.23. The van der Waals surface area contributed by atoms with Crippen molar-refractivity contribution in [2.45, 2.75) is 64.6 Å². The minimum absolute atomic E-state index is 0.0517. The van der Waals surface area contributed by atoms with Gasteiger partial charge in [0.2, 0.25) is 6.79 Å². The van der Waals surface area contributed by atoms with E-state index < -0.39 is 5.60 Å². The van der Waals surface area contributed by atoms with Crippen molar-refractivity contribution in [3.63, 3.8) is 0 Å². The summed E-state index contributed by atoms with van der Waals surface area (Å²) in [6.45, 7) is 6.44. The van der Waals surface area contributed by atoms with Gasteiger partial charge >= 0.3 is 0 Å². The highest BCUT2D eigenvalue weighted by Gasteiger charge is 2.48. The first-order chi connectivity index (χ1) is 14.3. The highest BCUT2D eigenvalue weighted by molar-refractivity contribution is 6.00. The second-order valence-electron chi connectivity index (χ2n) is 9.28. The van der Waals surface area contributed by atoms with Crippen molar-refractivity contribution in [3.8, 4) is 11.6 Å². The van der Waals surface area contributed by atoms with E-state index in [2.05, 4.69) is 4.98 Å². The Bertz CT molecular complexity index is 1010. The molecular weight excluding hydrogens is 380 g/mol. The minimum atomic E-state index is -0.912. The molecule has 2 aliphatic heterocycles. The van der Waals surface area contributed by atoms with Crippen LogP contribution in [-0.2, 0) is 19.4 Å². The van der Waals surface area contributed by atoms with Gasteiger partial charge in [-0.1, -0.05) is 18.2 Å². The van der Waals surface area contributed by atoms with Gasteiger partial charge < -0.3 is 19.5 Å². The number of carbonyl (C=O) groups excluding carboxylic acids is 1. The molecule has 1 fully saturated rings. The van der Waals surface area contributed by atoms with Crippen LogP contribution in [0.15, 0.2) is 24.4 Å². The Labute approximate surface area is 176 Å². The molecule has 3 heterocycles. The third-order valence-electron chi connectivity index (χ3n) is 6.54. The van der Waals surface area contributed by atoms with Crippen LogP contribution in [-0.4, -0.2) is 39.3 Å². The molecule has 30 heavy (non-hydrogen) atoms. The van der Waals surface area contributed by atoms with E-state index >= 15 is 0 Å². The number of carbonyl (C=O) groups is 1. The van der Waals surface area contributed by atoms with Crippen LogP contribution in [0.3, 0.4) is 0 Å². The Morgan fingerprint density at radius 3 is 2.80 bits per heavy atom. The maximum atomic E-state index is 13.5. The summed E-state index contributed by atoms with van der Waals surface area (Å²) in [5, 5.41) is 10.8. The van der Waals surface area contributed by atoms with E-state index in [1.807, 2.05) is 50.1 Å². The maximum Gasteiger partial charge on any atom is 0.260 e. The molecule has 0 radical (unpaired) electrons. The van der Waals surface area contributed by atoms with Crippen LogP contribution in [0.25, 0.3) is 0 Å². The van der Waals surface area contributed by atoms with Gasteiger partial charge in [0.25, 0.3) is 11.8 Å². The molecule has 2 aromatic rings. The van der Waals surface area contributed by atoms with E-state index in [4.69, 9.17) is 9.47 Å². The lowest BCUT2D eigenvalue weighted by Gasteiger charge is -2.37. The van der Waals surface area contributed by atoms with E-state index in [9.17, 15) is 9.90 Å². The molecule has 1 atom stereocenters. The Kier molecular flexibility index (Phi) is 4.51. The molecule has 158 valence electrons. The lowest BCUT2D eigenvalue weighted by atomic mass is 9.92.